The van der Waals surface area contributed by atoms with Gasteiger partial charge in [0.15, 0.2) is 0 Å². The summed E-state index contributed by atoms with van der Waals surface area (Å²) in [5, 5.41) is 5.62. The van der Waals surface area contributed by atoms with Crippen LogP contribution in [0.15, 0.2) is 40.6 Å². The molecule has 2 aromatic heterocycles. The van der Waals surface area contributed by atoms with Crippen molar-refractivity contribution >= 4 is 27.0 Å². The number of aryl methyl sites for hydroxylation is 2. The summed E-state index contributed by atoms with van der Waals surface area (Å²) in [5.41, 5.74) is 2.49. The summed E-state index contributed by atoms with van der Waals surface area (Å²) in [7, 11) is -3.73. The Balaban J connectivity index is 1.49. The lowest BCUT2D eigenvalue weighted by Crippen LogP contribution is -2.48. The van der Waals surface area contributed by atoms with Gasteiger partial charge >= 0.3 is 6.18 Å². The fourth-order valence-corrected chi connectivity index (χ4v) is 6.39. The number of alkyl halides is 3. The molecular formula is C20H21F3N4O2S2. The number of anilines is 1. The summed E-state index contributed by atoms with van der Waals surface area (Å²) in [4.78, 5) is 2.54. The van der Waals surface area contributed by atoms with Crippen molar-refractivity contribution in [1.29, 1.82) is 0 Å². The maximum absolute atomic E-state index is 13.1. The number of sulfonamides is 1. The Hall–Kier alpha value is -2.37. The van der Waals surface area contributed by atoms with E-state index in [1.807, 2.05) is 25.0 Å². The smallest absolute Gasteiger partial charge is 0.369 e. The van der Waals surface area contributed by atoms with E-state index in [0.717, 1.165) is 34.2 Å². The van der Waals surface area contributed by atoms with Crippen LogP contribution >= 0.6 is 11.3 Å². The van der Waals surface area contributed by atoms with Crippen molar-refractivity contribution in [2.24, 2.45) is 0 Å². The monoisotopic (exact) mass is 470 g/mol. The molecule has 1 aliphatic heterocycles. The lowest BCUT2D eigenvalue weighted by Gasteiger charge is -2.36. The van der Waals surface area contributed by atoms with Gasteiger partial charge in [0.25, 0.3) is 10.0 Å². The van der Waals surface area contributed by atoms with Gasteiger partial charge in [-0.1, -0.05) is 12.1 Å². The van der Waals surface area contributed by atoms with Gasteiger partial charge in [0.2, 0.25) is 0 Å². The van der Waals surface area contributed by atoms with E-state index in [1.54, 1.807) is 0 Å². The molecule has 0 aliphatic carbocycles. The first-order valence-corrected chi connectivity index (χ1v) is 11.9. The second-order valence-corrected chi connectivity index (χ2v) is 10.7. The van der Waals surface area contributed by atoms with E-state index >= 15 is 0 Å². The maximum Gasteiger partial charge on any atom is 0.432 e. The van der Waals surface area contributed by atoms with Gasteiger partial charge in [-0.3, -0.25) is 5.10 Å². The van der Waals surface area contributed by atoms with Crippen LogP contribution < -0.4 is 4.90 Å². The van der Waals surface area contributed by atoms with Crippen molar-refractivity contribution < 1.29 is 21.6 Å². The first-order valence-electron chi connectivity index (χ1n) is 9.61. The molecule has 0 saturated carbocycles. The van der Waals surface area contributed by atoms with Gasteiger partial charge in [-0.25, -0.2) is 8.42 Å². The first kappa shape index (κ1) is 21.8. The molecule has 0 atom stereocenters. The van der Waals surface area contributed by atoms with Gasteiger partial charge in [-0.15, -0.1) is 11.3 Å². The van der Waals surface area contributed by atoms with Crippen molar-refractivity contribution in [1.82, 2.24) is 14.5 Å². The molecule has 1 aromatic carbocycles. The summed E-state index contributed by atoms with van der Waals surface area (Å²) in [5.74, 6) is 0. The molecule has 0 spiro atoms. The lowest BCUT2D eigenvalue weighted by atomic mass is 10.1. The van der Waals surface area contributed by atoms with E-state index in [4.69, 9.17) is 0 Å². The van der Waals surface area contributed by atoms with E-state index < -0.39 is 21.9 Å². The molecule has 1 saturated heterocycles. The number of hydrogen-bond donors (Lipinski definition) is 1. The number of thiophene rings is 1. The number of aromatic nitrogens is 2. The number of rotatable bonds is 4. The topological polar surface area (TPSA) is 69.3 Å². The van der Waals surface area contributed by atoms with Crippen molar-refractivity contribution in [3.63, 3.8) is 0 Å². The standard InChI is InChI=1S/C20H21F3N4O2S2/c1-13-3-4-14(2)16(11-13)26-7-9-27(10-8-26)31(28,29)19-6-5-17(30-19)15-12-18(25-24-15)20(21,22)23/h3-6,11-12H,7-10H2,1-2H3,(H,24,25). The van der Waals surface area contributed by atoms with Gasteiger partial charge in [0.05, 0.1) is 4.88 Å². The third kappa shape index (κ3) is 4.35. The fraction of sp³-hybridized carbons (Fsp3) is 0.350. The molecule has 0 amide bonds. The largest absolute Gasteiger partial charge is 0.432 e. The number of piperazine rings is 1. The second kappa shape index (κ2) is 7.95. The molecule has 3 aromatic rings. The van der Waals surface area contributed by atoms with Gasteiger partial charge in [0, 0.05) is 31.9 Å². The first-order chi connectivity index (χ1) is 14.6. The summed E-state index contributed by atoms with van der Waals surface area (Å²) < 4.78 is 66.0. The van der Waals surface area contributed by atoms with Crippen molar-refractivity contribution in [3.05, 3.63) is 53.2 Å². The third-order valence-corrected chi connectivity index (χ3v) is 8.73. The SMILES string of the molecule is Cc1ccc(C)c(N2CCN(S(=O)(=O)c3ccc(-c4cc(C(F)(F)F)[nH]n4)s3)CC2)c1. The molecule has 0 unspecified atom stereocenters. The highest BCUT2D eigenvalue weighted by Crippen LogP contribution is 2.35. The number of nitrogens with one attached hydrogen (secondary N) is 1. The van der Waals surface area contributed by atoms with Crippen molar-refractivity contribution in [3.8, 4) is 10.6 Å². The molecule has 31 heavy (non-hydrogen) atoms. The average molecular weight is 471 g/mol. The van der Waals surface area contributed by atoms with Crippen LogP contribution in [0.2, 0.25) is 0 Å². The van der Waals surface area contributed by atoms with Gasteiger partial charge in [0.1, 0.15) is 15.6 Å². The normalized spacial score (nSPS) is 16.1. The number of nitrogens with zero attached hydrogens (tertiary/aromatic N) is 3. The molecule has 1 aliphatic rings. The number of halogens is 3. The van der Waals surface area contributed by atoms with E-state index in [2.05, 4.69) is 22.1 Å². The zero-order valence-corrected chi connectivity index (χ0v) is 18.5. The number of benzene rings is 1. The third-order valence-electron chi connectivity index (χ3n) is 5.26. The summed E-state index contributed by atoms with van der Waals surface area (Å²) in [6.07, 6.45) is -4.53. The van der Waals surface area contributed by atoms with Crippen molar-refractivity contribution in [2.75, 3.05) is 31.1 Å². The van der Waals surface area contributed by atoms with Crippen LogP contribution in [0, 0.1) is 13.8 Å². The van der Waals surface area contributed by atoms with Gasteiger partial charge < -0.3 is 4.90 Å². The predicted octanol–water partition coefficient (Wildman–Crippen LogP) is 4.28. The predicted molar refractivity (Wildman–Crippen MR) is 114 cm³/mol. The lowest BCUT2D eigenvalue weighted by molar-refractivity contribution is -0.141. The van der Waals surface area contributed by atoms with Crippen LogP contribution in [0.5, 0.6) is 0 Å². The zero-order valence-electron chi connectivity index (χ0n) is 16.9. The molecule has 1 N–H and O–H groups in total. The molecule has 0 bridgehead atoms. The minimum atomic E-state index is -4.53. The Morgan fingerprint density at radius 3 is 2.39 bits per heavy atom. The van der Waals surface area contributed by atoms with Gasteiger partial charge in [-0.2, -0.15) is 22.6 Å². The average Bonchev–Trinajstić information content (AvgIpc) is 3.39. The Morgan fingerprint density at radius 1 is 1.03 bits per heavy atom. The number of H-pyrrole nitrogens is 1. The van der Waals surface area contributed by atoms with Crippen molar-refractivity contribution in [2.45, 2.75) is 24.2 Å². The number of hydrogen-bond acceptors (Lipinski definition) is 5. The molecule has 1 fully saturated rings. The quantitative estimate of drug-likeness (QED) is 0.618. The minimum Gasteiger partial charge on any atom is -0.369 e. The minimum absolute atomic E-state index is 0.0681. The molecular weight excluding hydrogens is 449 g/mol. The highest BCUT2D eigenvalue weighted by atomic mass is 32.2. The Morgan fingerprint density at radius 2 is 1.74 bits per heavy atom. The van der Waals surface area contributed by atoms with Crippen LogP contribution in [0.4, 0.5) is 18.9 Å². The molecule has 11 heteroatoms. The van der Waals surface area contributed by atoms with Crippen LogP contribution in [0.3, 0.4) is 0 Å². The zero-order chi connectivity index (χ0) is 22.4. The van der Waals surface area contributed by atoms with E-state index in [1.165, 1.54) is 16.4 Å². The van der Waals surface area contributed by atoms with E-state index in [9.17, 15) is 21.6 Å². The van der Waals surface area contributed by atoms with E-state index in [0.29, 0.717) is 31.1 Å². The highest BCUT2D eigenvalue weighted by Gasteiger charge is 2.34. The van der Waals surface area contributed by atoms with Crippen LogP contribution in [0.1, 0.15) is 16.8 Å². The molecule has 4 rings (SSSR count). The Labute approximate surface area is 182 Å². The highest BCUT2D eigenvalue weighted by molar-refractivity contribution is 7.91. The second-order valence-electron chi connectivity index (χ2n) is 7.46. The molecule has 166 valence electrons. The maximum atomic E-state index is 13.1. The van der Waals surface area contributed by atoms with E-state index in [-0.39, 0.29) is 9.90 Å². The van der Waals surface area contributed by atoms with Gasteiger partial charge in [-0.05, 0) is 49.2 Å². The molecule has 0 radical (unpaired) electrons. The number of aromatic amines is 1. The van der Waals surface area contributed by atoms with Crippen LogP contribution in [0.25, 0.3) is 10.6 Å². The Kier molecular flexibility index (Phi) is 5.61. The Bertz CT molecular complexity index is 1190. The summed E-state index contributed by atoms with van der Waals surface area (Å²) in [6.45, 7) is 5.86. The van der Waals surface area contributed by atoms with Crippen LogP contribution in [-0.2, 0) is 16.2 Å². The summed E-state index contributed by atoms with van der Waals surface area (Å²) >= 11 is 0.919. The molecule has 6 nitrogen and oxygen atoms in total. The summed E-state index contributed by atoms with van der Waals surface area (Å²) in [6, 6.07) is 10.00. The van der Waals surface area contributed by atoms with Crippen LogP contribution in [-0.4, -0.2) is 49.1 Å². The fourth-order valence-electron chi connectivity index (χ4n) is 3.55. The molecule has 3 heterocycles.